The zero-order valence-electron chi connectivity index (χ0n) is 13.8. The van der Waals surface area contributed by atoms with Crippen LogP contribution in [0.5, 0.6) is 0 Å². The van der Waals surface area contributed by atoms with Crippen molar-refractivity contribution >= 4 is 29.0 Å². The summed E-state index contributed by atoms with van der Waals surface area (Å²) in [7, 11) is 0. The van der Waals surface area contributed by atoms with Crippen molar-refractivity contribution < 1.29 is 0 Å². The molecular formula is C18H26ClN3. The molecule has 1 aromatic heterocycles. The maximum atomic E-state index is 4.94. The van der Waals surface area contributed by atoms with Crippen LogP contribution in [0.3, 0.4) is 0 Å². The van der Waals surface area contributed by atoms with E-state index in [0.717, 1.165) is 39.0 Å². The van der Waals surface area contributed by atoms with E-state index >= 15 is 0 Å². The molecule has 0 bridgehead atoms. The van der Waals surface area contributed by atoms with Gasteiger partial charge in [0, 0.05) is 42.9 Å². The molecule has 1 aliphatic rings. The Hall–Kier alpha value is -1.32. The third-order valence-electron chi connectivity index (χ3n) is 4.50. The fourth-order valence-electron chi connectivity index (χ4n) is 3.11. The van der Waals surface area contributed by atoms with Crippen molar-refractivity contribution in [2.45, 2.75) is 33.6 Å². The Morgan fingerprint density at radius 1 is 1.18 bits per heavy atom. The molecule has 120 valence electrons. The molecule has 3 rings (SSSR count). The molecule has 3 nitrogen and oxygen atoms in total. The number of nitrogens with one attached hydrogen (secondary N) is 1. The van der Waals surface area contributed by atoms with Gasteiger partial charge in [-0.1, -0.05) is 25.5 Å². The number of fused-ring (bicyclic) bond motifs is 1. The van der Waals surface area contributed by atoms with Gasteiger partial charge in [0.1, 0.15) is 0 Å². The molecular weight excluding hydrogens is 294 g/mol. The van der Waals surface area contributed by atoms with Crippen molar-refractivity contribution in [2.24, 2.45) is 0 Å². The Labute approximate surface area is 139 Å². The highest BCUT2D eigenvalue weighted by atomic mass is 35.5. The molecule has 22 heavy (non-hydrogen) atoms. The van der Waals surface area contributed by atoms with E-state index in [0.29, 0.717) is 0 Å². The predicted octanol–water partition coefficient (Wildman–Crippen LogP) is 3.64. The van der Waals surface area contributed by atoms with Gasteiger partial charge in [-0.2, -0.15) is 0 Å². The summed E-state index contributed by atoms with van der Waals surface area (Å²) in [5.74, 6) is 0. The van der Waals surface area contributed by atoms with Crippen LogP contribution in [0.15, 0.2) is 18.2 Å². The fraction of sp³-hybridized carbons (Fsp3) is 0.500. The Bertz CT molecular complexity index is 648. The van der Waals surface area contributed by atoms with Gasteiger partial charge in [-0.3, -0.25) is 4.98 Å². The molecule has 0 saturated carbocycles. The van der Waals surface area contributed by atoms with Gasteiger partial charge in [0.25, 0.3) is 0 Å². The van der Waals surface area contributed by atoms with Gasteiger partial charge in [-0.05, 0) is 37.5 Å². The normalized spacial score (nSPS) is 15.0. The zero-order valence-corrected chi connectivity index (χ0v) is 14.6. The Morgan fingerprint density at radius 2 is 1.91 bits per heavy atom. The molecule has 1 N–H and O–H groups in total. The molecule has 0 unspecified atom stereocenters. The van der Waals surface area contributed by atoms with E-state index in [-0.39, 0.29) is 12.4 Å². The lowest BCUT2D eigenvalue weighted by molar-refractivity contribution is 0.590. The molecule has 0 amide bonds. The Kier molecular flexibility index (Phi) is 5.65. The topological polar surface area (TPSA) is 28.2 Å². The minimum absolute atomic E-state index is 0. The van der Waals surface area contributed by atoms with Crippen molar-refractivity contribution in [3.8, 4) is 0 Å². The van der Waals surface area contributed by atoms with Crippen LogP contribution in [0.25, 0.3) is 10.9 Å². The number of pyridine rings is 1. The van der Waals surface area contributed by atoms with Crippen LogP contribution in [-0.2, 0) is 6.42 Å². The molecule has 2 heterocycles. The summed E-state index contributed by atoms with van der Waals surface area (Å²) in [6.45, 7) is 10.9. The smallest absolute Gasteiger partial charge is 0.0757 e. The zero-order chi connectivity index (χ0) is 14.8. The van der Waals surface area contributed by atoms with Crippen molar-refractivity contribution in [1.29, 1.82) is 0 Å². The van der Waals surface area contributed by atoms with Crippen molar-refractivity contribution in [3.05, 3.63) is 35.0 Å². The number of hydrogen-bond acceptors (Lipinski definition) is 3. The van der Waals surface area contributed by atoms with Gasteiger partial charge in [-0.15, -0.1) is 12.4 Å². The van der Waals surface area contributed by atoms with Crippen LogP contribution in [0.2, 0.25) is 0 Å². The maximum Gasteiger partial charge on any atom is 0.0757 e. The largest absolute Gasteiger partial charge is 0.368 e. The van der Waals surface area contributed by atoms with E-state index in [1.54, 1.807) is 0 Å². The number of nitrogens with zero attached hydrogens (tertiary/aromatic N) is 2. The molecule has 4 heteroatoms. The number of aryl methyl sites for hydroxylation is 3. The first-order valence-corrected chi connectivity index (χ1v) is 8.06. The second-order valence-electron chi connectivity index (χ2n) is 6.02. The van der Waals surface area contributed by atoms with E-state index < -0.39 is 0 Å². The standard InChI is InChI=1S/C18H25N3.ClH/c1-4-5-15-12-17(21-10-8-19-9-11-21)16-7-6-13(2)14(3)18(16)20-15;/h6-7,12,19H,4-5,8-11H2,1-3H3;1H. The molecule has 1 aromatic carbocycles. The Balaban J connectivity index is 0.00000176. The van der Waals surface area contributed by atoms with E-state index in [1.165, 1.54) is 33.4 Å². The van der Waals surface area contributed by atoms with Gasteiger partial charge < -0.3 is 10.2 Å². The van der Waals surface area contributed by atoms with Crippen LogP contribution >= 0.6 is 12.4 Å². The lowest BCUT2D eigenvalue weighted by Gasteiger charge is -2.31. The molecule has 1 aliphatic heterocycles. The first-order valence-electron chi connectivity index (χ1n) is 8.06. The van der Waals surface area contributed by atoms with Crippen LogP contribution < -0.4 is 10.2 Å². The number of anilines is 1. The first kappa shape index (κ1) is 17.0. The summed E-state index contributed by atoms with van der Waals surface area (Å²) >= 11 is 0. The molecule has 0 aliphatic carbocycles. The lowest BCUT2D eigenvalue weighted by Crippen LogP contribution is -2.43. The molecule has 0 atom stereocenters. The van der Waals surface area contributed by atoms with Crippen LogP contribution in [-0.4, -0.2) is 31.2 Å². The highest BCUT2D eigenvalue weighted by molar-refractivity contribution is 5.94. The molecule has 1 saturated heterocycles. The average Bonchev–Trinajstić information content (AvgIpc) is 2.52. The monoisotopic (exact) mass is 319 g/mol. The fourth-order valence-corrected chi connectivity index (χ4v) is 3.11. The summed E-state index contributed by atoms with van der Waals surface area (Å²) in [6, 6.07) is 6.79. The number of piperazine rings is 1. The van der Waals surface area contributed by atoms with Gasteiger partial charge in [0.15, 0.2) is 0 Å². The molecule has 0 radical (unpaired) electrons. The van der Waals surface area contributed by atoms with E-state index in [2.05, 4.69) is 49.2 Å². The van der Waals surface area contributed by atoms with Crippen molar-refractivity contribution in [3.63, 3.8) is 0 Å². The highest BCUT2D eigenvalue weighted by Gasteiger charge is 2.16. The molecule has 2 aromatic rings. The minimum atomic E-state index is 0. The summed E-state index contributed by atoms with van der Waals surface area (Å²) in [4.78, 5) is 7.45. The highest BCUT2D eigenvalue weighted by Crippen LogP contribution is 2.30. The average molecular weight is 320 g/mol. The first-order chi connectivity index (χ1) is 10.2. The minimum Gasteiger partial charge on any atom is -0.368 e. The molecule has 0 spiro atoms. The number of aromatic nitrogens is 1. The third-order valence-corrected chi connectivity index (χ3v) is 4.50. The third kappa shape index (κ3) is 3.21. The Morgan fingerprint density at radius 3 is 2.59 bits per heavy atom. The van der Waals surface area contributed by atoms with Gasteiger partial charge in [0.2, 0.25) is 0 Å². The van der Waals surface area contributed by atoms with Crippen LogP contribution in [0.1, 0.15) is 30.2 Å². The summed E-state index contributed by atoms with van der Waals surface area (Å²) < 4.78 is 0. The number of rotatable bonds is 3. The maximum absolute atomic E-state index is 4.94. The molecule has 1 fully saturated rings. The summed E-state index contributed by atoms with van der Waals surface area (Å²) in [6.07, 6.45) is 2.20. The van der Waals surface area contributed by atoms with Crippen LogP contribution in [0.4, 0.5) is 5.69 Å². The second-order valence-corrected chi connectivity index (χ2v) is 6.02. The summed E-state index contributed by atoms with van der Waals surface area (Å²) in [5.41, 5.74) is 6.44. The van der Waals surface area contributed by atoms with Crippen LogP contribution in [0, 0.1) is 13.8 Å². The van der Waals surface area contributed by atoms with E-state index in [1.807, 2.05) is 0 Å². The van der Waals surface area contributed by atoms with Gasteiger partial charge in [0.05, 0.1) is 5.52 Å². The van der Waals surface area contributed by atoms with Gasteiger partial charge in [-0.25, -0.2) is 0 Å². The second kappa shape index (κ2) is 7.30. The summed E-state index contributed by atoms with van der Waals surface area (Å²) in [5, 5.41) is 4.74. The lowest BCUT2D eigenvalue weighted by atomic mass is 10.0. The number of hydrogen-bond donors (Lipinski definition) is 1. The van der Waals surface area contributed by atoms with Crippen molar-refractivity contribution in [2.75, 3.05) is 31.1 Å². The van der Waals surface area contributed by atoms with Crippen molar-refractivity contribution in [1.82, 2.24) is 10.3 Å². The van der Waals surface area contributed by atoms with Gasteiger partial charge >= 0.3 is 0 Å². The predicted molar refractivity (Wildman–Crippen MR) is 97.5 cm³/mol. The van der Waals surface area contributed by atoms with E-state index in [4.69, 9.17) is 4.98 Å². The quantitative estimate of drug-likeness (QED) is 0.936. The van der Waals surface area contributed by atoms with E-state index in [9.17, 15) is 0 Å². The number of benzene rings is 1. The SMILES string of the molecule is CCCc1cc(N2CCNCC2)c2ccc(C)c(C)c2n1.Cl. The number of halogens is 1.